The molecule has 0 spiro atoms. The molecule has 0 saturated heterocycles. The molecule has 0 fully saturated rings. The number of nitrogens with zero attached hydrogens (tertiary/aromatic N) is 1. The summed E-state index contributed by atoms with van der Waals surface area (Å²) in [5.74, 6) is 0.632. The molecule has 0 radical (unpaired) electrons. The molecule has 0 aliphatic rings. The largest absolute Gasteiger partial charge is 0.492 e. The molecule has 6 nitrogen and oxygen atoms in total. The number of rotatable bonds is 11. The number of benzene rings is 3. The first-order chi connectivity index (χ1) is 15.9. The van der Waals surface area contributed by atoms with E-state index in [4.69, 9.17) is 16.3 Å². The van der Waals surface area contributed by atoms with Gasteiger partial charge in [0.05, 0.1) is 17.2 Å². The Morgan fingerprint density at radius 1 is 1.00 bits per heavy atom. The van der Waals surface area contributed by atoms with Crippen LogP contribution in [-0.2, 0) is 14.8 Å². The second kappa shape index (κ2) is 12.0. The average Bonchev–Trinajstić information content (AvgIpc) is 2.82. The Balaban J connectivity index is 1.78. The maximum absolute atomic E-state index is 13.5. The lowest BCUT2D eigenvalue weighted by Gasteiger charge is -2.26. The van der Waals surface area contributed by atoms with Crippen molar-refractivity contribution in [2.24, 2.45) is 0 Å². The van der Waals surface area contributed by atoms with Crippen molar-refractivity contribution >= 4 is 45.0 Å². The number of ether oxygens (including phenoxy) is 1. The number of carbonyl (C=O) groups excluding carboxylic acids is 1. The van der Waals surface area contributed by atoms with E-state index in [1.807, 2.05) is 37.3 Å². The maximum Gasteiger partial charge on any atom is 0.264 e. The van der Waals surface area contributed by atoms with Crippen LogP contribution in [0, 0.1) is 0 Å². The predicted molar refractivity (Wildman–Crippen MR) is 134 cm³/mol. The molecule has 0 heterocycles. The highest BCUT2D eigenvalue weighted by atomic mass is 35.5. The summed E-state index contributed by atoms with van der Waals surface area (Å²) in [6.45, 7) is 2.19. The fourth-order valence-corrected chi connectivity index (χ4v) is 5.38. The lowest BCUT2D eigenvalue weighted by molar-refractivity contribution is -0.119. The number of amides is 1. The second-order valence-electron chi connectivity index (χ2n) is 6.88. The number of anilines is 1. The molecule has 0 aromatic heterocycles. The highest BCUT2D eigenvalue weighted by Gasteiger charge is 2.29. The average molecular weight is 505 g/mol. The van der Waals surface area contributed by atoms with Gasteiger partial charge >= 0.3 is 0 Å². The van der Waals surface area contributed by atoms with E-state index in [-0.39, 0.29) is 11.4 Å². The monoisotopic (exact) mass is 504 g/mol. The van der Waals surface area contributed by atoms with Gasteiger partial charge in [0.1, 0.15) is 12.3 Å². The zero-order chi connectivity index (χ0) is 23.7. The minimum absolute atomic E-state index is 0.0330. The Morgan fingerprint density at radius 2 is 1.67 bits per heavy atom. The first kappa shape index (κ1) is 25.0. The molecule has 0 aliphatic carbocycles. The van der Waals surface area contributed by atoms with Crippen LogP contribution in [0.3, 0.4) is 0 Å². The van der Waals surface area contributed by atoms with Gasteiger partial charge in [-0.2, -0.15) is 0 Å². The lowest BCUT2D eigenvalue weighted by Crippen LogP contribution is -2.41. The molecular formula is C24H25ClN2O4S2. The molecule has 33 heavy (non-hydrogen) atoms. The van der Waals surface area contributed by atoms with E-state index in [2.05, 4.69) is 5.32 Å². The number of thioether (sulfide) groups is 1. The number of carbonyl (C=O) groups is 1. The van der Waals surface area contributed by atoms with Gasteiger partial charge in [-0.1, -0.05) is 41.9 Å². The third-order valence-corrected chi connectivity index (χ3v) is 7.60. The summed E-state index contributed by atoms with van der Waals surface area (Å²) in [6, 6.07) is 22.4. The number of nitrogens with one attached hydrogen (secondary N) is 1. The Kier molecular flexibility index (Phi) is 9.05. The number of hydrogen-bond acceptors (Lipinski definition) is 5. The SMILES string of the molecule is CCOc1ccccc1N(CC(=O)NCCSc1ccccc1)S(=O)(=O)c1ccc(Cl)cc1. The molecule has 0 aliphatic heterocycles. The van der Waals surface area contributed by atoms with E-state index in [1.165, 1.54) is 24.3 Å². The van der Waals surface area contributed by atoms with Gasteiger partial charge in [0.2, 0.25) is 5.91 Å². The second-order valence-corrected chi connectivity index (χ2v) is 10.3. The minimum Gasteiger partial charge on any atom is -0.492 e. The van der Waals surface area contributed by atoms with Crippen molar-refractivity contribution in [3.05, 3.63) is 83.9 Å². The van der Waals surface area contributed by atoms with Gasteiger partial charge in [0.15, 0.2) is 0 Å². The van der Waals surface area contributed by atoms with E-state index in [1.54, 1.807) is 36.0 Å². The Hall–Kier alpha value is -2.68. The number of sulfonamides is 1. The van der Waals surface area contributed by atoms with E-state index in [0.29, 0.717) is 35.4 Å². The molecule has 3 rings (SSSR count). The van der Waals surface area contributed by atoms with Gasteiger partial charge in [-0.3, -0.25) is 9.10 Å². The first-order valence-electron chi connectivity index (χ1n) is 10.4. The highest BCUT2D eigenvalue weighted by Crippen LogP contribution is 2.32. The van der Waals surface area contributed by atoms with Gasteiger partial charge in [-0.25, -0.2) is 8.42 Å². The molecule has 0 atom stereocenters. The molecule has 0 unspecified atom stereocenters. The molecule has 3 aromatic carbocycles. The fourth-order valence-electron chi connectivity index (χ4n) is 3.04. The van der Waals surface area contributed by atoms with Gasteiger partial charge in [-0.05, 0) is 55.5 Å². The summed E-state index contributed by atoms with van der Waals surface area (Å²) in [6.07, 6.45) is 0. The van der Waals surface area contributed by atoms with Crippen molar-refractivity contribution in [2.45, 2.75) is 16.7 Å². The molecule has 0 bridgehead atoms. The normalized spacial score (nSPS) is 11.1. The number of halogens is 1. The minimum atomic E-state index is -4.05. The predicted octanol–water partition coefficient (Wildman–Crippen LogP) is 4.84. The van der Waals surface area contributed by atoms with Crippen molar-refractivity contribution in [1.82, 2.24) is 5.32 Å². The van der Waals surface area contributed by atoms with E-state index in [0.717, 1.165) is 9.20 Å². The molecule has 9 heteroatoms. The quantitative estimate of drug-likeness (QED) is 0.298. The standard InChI is InChI=1S/C24H25ClN2O4S2/c1-2-31-23-11-7-6-10-22(23)27(33(29,30)21-14-12-19(25)13-15-21)18-24(28)26-16-17-32-20-8-4-3-5-9-20/h3-15H,2,16-18H2,1H3,(H,26,28). The molecule has 1 N–H and O–H groups in total. The summed E-state index contributed by atoms with van der Waals surface area (Å²) in [7, 11) is -4.05. The van der Waals surface area contributed by atoms with Gasteiger partial charge < -0.3 is 10.1 Å². The third-order valence-electron chi connectivity index (χ3n) is 4.56. The summed E-state index contributed by atoms with van der Waals surface area (Å²) in [5.41, 5.74) is 0.295. The summed E-state index contributed by atoms with van der Waals surface area (Å²) >= 11 is 7.54. The van der Waals surface area contributed by atoms with Crippen molar-refractivity contribution in [2.75, 3.05) is 29.8 Å². The highest BCUT2D eigenvalue weighted by molar-refractivity contribution is 7.99. The molecule has 3 aromatic rings. The van der Waals surface area contributed by atoms with Gasteiger partial charge in [0.25, 0.3) is 10.0 Å². The molecule has 1 amide bonds. The third kappa shape index (κ3) is 6.90. The Labute approximate surface area is 204 Å². The van der Waals surface area contributed by atoms with Crippen LogP contribution in [0.5, 0.6) is 5.75 Å². The van der Waals surface area contributed by atoms with Crippen molar-refractivity contribution in [3.63, 3.8) is 0 Å². The topological polar surface area (TPSA) is 75.7 Å². The summed E-state index contributed by atoms with van der Waals surface area (Å²) < 4.78 is 33.7. The molecule has 0 saturated carbocycles. The number of hydrogen-bond donors (Lipinski definition) is 1. The van der Waals surface area contributed by atoms with Crippen LogP contribution in [0.2, 0.25) is 5.02 Å². The maximum atomic E-state index is 13.5. The zero-order valence-electron chi connectivity index (χ0n) is 18.1. The van der Waals surface area contributed by atoms with E-state index in [9.17, 15) is 13.2 Å². The van der Waals surface area contributed by atoms with Crippen LogP contribution >= 0.6 is 23.4 Å². The summed E-state index contributed by atoms with van der Waals surface area (Å²) in [5, 5.41) is 3.23. The van der Waals surface area contributed by atoms with Crippen LogP contribution in [-0.4, -0.2) is 39.8 Å². The summed E-state index contributed by atoms with van der Waals surface area (Å²) in [4.78, 5) is 13.9. The van der Waals surface area contributed by atoms with Crippen LogP contribution in [0.4, 0.5) is 5.69 Å². The molecule has 174 valence electrons. The fraction of sp³-hybridized carbons (Fsp3) is 0.208. The van der Waals surface area contributed by atoms with Crippen molar-refractivity contribution in [1.29, 1.82) is 0 Å². The van der Waals surface area contributed by atoms with Crippen LogP contribution in [0.1, 0.15) is 6.92 Å². The Morgan fingerprint density at radius 3 is 2.36 bits per heavy atom. The van der Waals surface area contributed by atoms with Crippen molar-refractivity contribution < 1.29 is 17.9 Å². The van der Waals surface area contributed by atoms with Crippen LogP contribution in [0.25, 0.3) is 0 Å². The number of para-hydroxylation sites is 2. The van der Waals surface area contributed by atoms with E-state index >= 15 is 0 Å². The zero-order valence-corrected chi connectivity index (χ0v) is 20.5. The Bertz CT molecular complexity index is 1160. The molecular weight excluding hydrogens is 480 g/mol. The first-order valence-corrected chi connectivity index (χ1v) is 13.2. The van der Waals surface area contributed by atoms with E-state index < -0.39 is 15.9 Å². The van der Waals surface area contributed by atoms with Crippen LogP contribution < -0.4 is 14.4 Å². The van der Waals surface area contributed by atoms with Gasteiger partial charge in [0, 0.05) is 22.2 Å². The van der Waals surface area contributed by atoms with Crippen LogP contribution in [0.15, 0.2) is 88.7 Å². The van der Waals surface area contributed by atoms with Crippen molar-refractivity contribution in [3.8, 4) is 5.75 Å². The van der Waals surface area contributed by atoms with Gasteiger partial charge in [-0.15, -0.1) is 11.8 Å². The smallest absolute Gasteiger partial charge is 0.264 e. The lowest BCUT2D eigenvalue weighted by atomic mass is 10.3.